The lowest BCUT2D eigenvalue weighted by Gasteiger charge is -2.22. The number of guanidine groups is 1. The Morgan fingerprint density at radius 1 is 1.24 bits per heavy atom. The molecule has 3 rings (SSSR count). The Morgan fingerprint density at radius 2 is 2.10 bits per heavy atom. The lowest BCUT2D eigenvalue weighted by atomic mass is 10.2. The van der Waals surface area contributed by atoms with Crippen LogP contribution in [0, 0.1) is 0 Å². The van der Waals surface area contributed by atoms with E-state index in [0.29, 0.717) is 6.54 Å². The predicted molar refractivity (Wildman–Crippen MR) is 86.5 cm³/mol. The maximum atomic E-state index is 4.73. The number of aliphatic imine (C=N–C) groups is 1. The van der Waals surface area contributed by atoms with Gasteiger partial charge in [-0.15, -0.1) is 0 Å². The van der Waals surface area contributed by atoms with Crippen LogP contribution >= 0.6 is 0 Å². The van der Waals surface area contributed by atoms with Gasteiger partial charge in [0.1, 0.15) is 0 Å². The van der Waals surface area contributed by atoms with Gasteiger partial charge in [-0.05, 0) is 37.1 Å². The van der Waals surface area contributed by atoms with E-state index in [9.17, 15) is 0 Å². The molecule has 1 aliphatic rings. The molecule has 0 amide bonds. The summed E-state index contributed by atoms with van der Waals surface area (Å²) >= 11 is 0. The van der Waals surface area contributed by atoms with Gasteiger partial charge in [-0.2, -0.15) is 0 Å². The van der Waals surface area contributed by atoms with Gasteiger partial charge >= 0.3 is 0 Å². The summed E-state index contributed by atoms with van der Waals surface area (Å²) in [4.78, 5) is 11.3. The molecule has 4 nitrogen and oxygen atoms in total. The molecule has 1 aromatic carbocycles. The molecule has 0 saturated heterocycles. The Kier molecular flexibility index (Phi) is 4.15. The zero-order valence-electron chi connectivity index (χ0n) is 12.3. The molecule has 0 radical (unpaired) electrons. The molecule has 1 aromatic heterocycles. The summed E-state index contributed by atoms with van der Waals surface area (Å²) in [6.45, 7) is 4.53. The van der Waals surface area contributed by atoms with Gasteiger partial charge in [-0.1, -0.05) is 24.3 Å². The largest absolute Gasteiger partial charge is 0.356 e. The highest BCUT2D eigenvalue weighted by Crippen LogP contribution is 2.27. The van der Waals surface area contributed by atoms with Gasteiger partial charge in [0.25, 0.3) is 0 Å². The minimum atomic E-state index is 0.599. The third-order valence-electron chi connectivity index (χ3n) is 3.59. The topological polar surface area (TPSA) is 40.5 Å². The molecule has 2 aromatic rings. The second-order valence-electron chi connectivity index (χ2n) is 5.02. The average molecular weight is 280 g/mol. The van der Waals surface area contributed by atoms with Crippen LogP contribution in [0.15, 0.2) is 53.7 Å². The second-order valence-corrected chi connectivity index (χ2v) is 5.02. The smallest absolute Gasteiger partial charge is 0.198 e. The first-order chi connectivity index (χ1) is 10.4. The van der Waals surface area contributed by atoms with Crippen molar-refractivity contribution in [2.45, 2.75) is 19.9 Å². The number of rotatable bonds is 3. The van der Waals surface area contributed by atoms with E-state index in [-0.39, 0.29) is 0 Å². The molecular formula is C17H20N4. The van der Waals surface area contributed by atoms with Gasteiger partial charge in [-0.3, -0.25) is 4.98 Å². The Morgan fingerprint density at radius 3 is 2.90 bits per heavy atom. The van der Waals surface area contributed by atoms with Crippen molar-refractivity contribution in [3.63, 3.8) is 0 Å². The van der Waals surface area contributed by atoms with Gasteiger partial charge in [0.05, 0.1) is 12.2 Å². The second kappa shape index (κ2) is 6.39. The number of fused-ring (bicyclic) bond motifs is 1. The minimum Gasteiger partial charge on any atom is -0.356 e. The predicted octanol–water partition coefficient (Wildman–Crippen LogP) is 2.61. The number of nitrogens with one attached hydrogen (secondary N) is 1. The maximum absolute atomic E-state index is 4.73. The molecule has 0 saturated carbocycles. The molecule has 0 unspecified atom stereocenters. The summed E-state index contributed by atoms with van der Waals surface area (Å²) in [6, 6.07) is 14.5. The number of anilines is 1. The van der Waals surface area contributed by atoms with Crippen molar-refractivity contribution in [1.82, 2.24) is 10.3 Å². The average Bonchev–Trinajstić information content (AvgIpc) is 2.96. The van der Waals surface area contributed by atoms with E-state index < -0.39 is 0 Å². The van der Waals surface area contributed by atoms with Gasteiger partial charge in [0, 0.05) is 25.0 Å². The Balaban J connectivity index is 1.82. The summed E-state index contributed by atoms with van der Waals surface area (Å²) < 4.78 is 0. The van der Waals surface area contributed by atoms with E-state index in [2.05, 4.69) is 46.4 Å². The Hall–Kier alpha value is -2.36. The van der Waals surface area contributed by atoms with Crippen molar-refractivity contribution in [3.8, 4) is 0 Å². The maximum Gasteiger partial charge on any atom is 0.198 e. The Bertz CT molecular complexity index is 622. The lowest BCUT2D eigenvalue weighted by molar-refractivity contribution is 0.874. The number of hydrogen-bond donors (Lipinski definition) is 1. The van der Waals surface area contributed by atoms with Crippen LogP contribution in [0.3, 0.4) is 0 Å². The standard InChI is InChI=1S/C17H20N4/c1-2-18-17(20-13-15-8-5-6-11-19-15)21-12-10-14-7-3-4-9-16(14)21/h3-9,11H,2,10,12-13H2,1H3,(H,18,20). The van der Waals surface area contributed by atoms with Crippen LogP contribution in [0.2, 0.25) is 0 Å². The fraction of sp³-hybridized carbons (Fsp3) is 0.294. The summed E-state index contributed by atoms with van der Waals surface area (Å²) in [5.74, 6) is 0.938. The molecule has 0 spiro atoms. The summed E-state index contributed by atoms with van der Waals surface area (Å²) in [5.41, 5.74) is 3.64. The van der Waals surface area contributed by atoms with Crippen LogP contribution in [0.25, 0.3) is 0 Å². The van der Waals surface area contributed by atoms with Crippen LogP contribution in [0.5, 0.6) is 0 Å². The highest BCUT2D eigenvalue weighted by atomic mass is 15.3. The summed E-state index contributed by atoms with van der Waals surface area (Å²) in [7, 11) is 0. The molecule has 21 heavy (non-hydrogen) atoms. The molecule has 1 N–H and O–H groups in total. The van der Waals surface area contributed by atoms with Crippen molar-refractivity contribution in [2.24, 2.45) is 4.99 Å². The van der Waals surface area contributed by atoms with Crippen LogP contribution in [-0.2, 0) is 13.0 Å². The summed E-state index contributed by atoms with van der Waals surface area (Å²) in [6.07, 6.45) is 2.88. The lowest BCUT2D eigenvalue weighted by Crippen LogP contribution is -2.40. The first kappa shape index (κ1) is 13.6. The molecule has 1 aliphatic heterocycles. The number of para-hydroxylation sites is 1. The molecule has 4 heteroatoms. The summed E-state index contributed by atoms with van der Waals surface area (Å²) in [5, 5.41) is 3.38. The van der Waals surface area contributed by atoms with Crippen molar-refractivity contribution in [3.05, 3.63) is 59.9 Å². The molecule has 108 valence electrons. The number of benzene rings is 1. The van der Waals surface area contributed by atoms with Crippen molar-refractivity contribution < 1.29 is 0 Å². The van der Waals surface area contributed by atoms with E-state index >= 15 is 0 Å². The van der Waals surface area contributed by atoms with E-state index in [1.807, 2.05) is 24.4 Å². The van der Waals surface area contributed by atoms with Crippen molar-refractivity contribution in [1.29, 1.82) is 0 Å². The van der Waals surface area contributed by atoms with E-state index in [1.54, 1.807) is 0 Å². The van der Waals surface area contributed by atoms with Crippen LogP contribution in [0.4, 0.5) is 5.69 Å². The van der Waals surface area contributed by atoms with Crippen molar-refractivity contribution >= 4 is 11.6 Å². The van der Waals surface area contributed by atoms with Gasteiger partial charge in [0.15, 0.2) is 5.96 Å². The quantitative estimate of drug-likeness (QED) is 0.694. The highest BCUT2D eigenvalue weighted by Gasteiger charge is 2.22. The minimum absolute atomic E-state index is 0.599. The number of aromatic nitrogens is 1. The van der Waals surface area contributed by atoms with Crippen LogP contribution in [-0.4, -0.2) is 24.0 Å². The Labute approximate surface area is 125 Å². The molecular weight excluding hydrogens is 260 g/mol. The first-order valence-corrected chi connectivity index (χ1v) is 7.42. The monoisotopic (exact) mass is 280 g/mol. The molecule has 0 bridgehead atoms. The zero-order valence-corrected chi connectivity index (χ0v) is 12.3. The van der Waals surface area contributed by atoms with E-state index in [0.717, 1.165) is 31.2 Å². The number of pyridine rings is 1. The van der Waals surface area contributed by atoms with Gasteiger partial charge in [0.2, 0.25) is 0 Å². The third-order valence-corrected chi connectivity index (χ3v) is 3.59. The zero-order chi connectivity index (χ0) is 14.5. The van der Waals surface area contributed by atoms with Gasteiger partial charge < -0.3 is 10.2 Å². The fourth-order valence-electron chi connectivity index (χ4n) is 2.60. The highest BCUT2D eigenvalue weighted by molar-refractivity contribution is 5.97. The molecule has 0 atom stereocenters. The molecule has 0 fully saturated rings. The van der Waals surface area contributed by atoms with Crippen LogP contribution in [0.1, 0.15) is 18.2 Å². The van der Waals surface area contributed by atoms with Crippen molar-refractivity contribution in [2.75, 3.05) is 18.0 Å². The SMILES string of the molecule is CCNC(=NCc1ccccn1)N1CCc2ccccc21. The van der Waals surface area contributed by atoms with E-state index in [1.165, 1.54) is 11.3 Å². The normalized spacial score (nSPS) is 14.1. The molecule has 0 aliphatic carbocycles. The number of nitrogens with zero attached hydrogens (tertiary/aromatic N) is 3. The van der Waals surface area contributed by atoms with Gasteiger partial charge in [-0.25, -0.2) is 4.99 Å². The van der Waals surface area contributed by atoms with E-state index in [4.69, 9.17) is 4.99 Å². The number of hydrogen-bond acceptors (Lipinski definition) is 2. The fourth-order valence-corrected chi connectivity index (χ4v) is 2.60. The molecule has 2 heterocycles. The first-order valence-electron chi connectivity index (χ1n) is 7.42. The third kappa shape index (κ3) is 3.05. The van der Waals surface area contributed by atoms with Crippen LogP contribution < -0.4 is 10.2 Å².